The number of carboxylic acid groups (broad SMARTS) is 1. The van der Waals surface area contributed by atoms with Crippen molar-refractivity contribution in [3.63, 3.8) is 0 Å². The highest BCUT2D eigenvalue weighted by Crippen LogP contribution is 2.28. The summed E-state index contributed by atoms with van der Waals surface area (Å²) < 4.78 is 0. The molecule has 1 atom stereocenters. The molecule has 0 radical (unpaired) electrons. The number of hydrogen-bond acceptors (Lipinski definition) is 2. The summed E-state index contributed by atoms with van der Waals surface area (Å²) in [5, 5.41) is 8.65. The van der Waals surface area contributed by atoms with E-state index in [4.69, 9.17) is 10.8 Å². The number of rotatable bonds is 6. The number of hydrogen-bond donors (Lipinski definition) is 2. The van der Waals surface area contributed by atoms with E-state index < -0.39 is 12.0 Å². The molecule has 0 aromatic rings. The lowest BCUT2D eigenvalue weighted by molar-refractivity contribution is -0.139. The monoisotopic (exact) mass is 187 g/mol. The molecule has 78 valence electrons. The van der Waals surface area contributed by atoms with Crippen LogP contribution in [0.15, 0.2) is 0 Å². The van der Waals surface area contributed by atoms with Crippen LogP contribution >= 0.6 is 0 Å². The lowest BCUT2D eigenvalue weighted by Gasteiger charge is -2.26. The fourth-order valence-corrected chi connectivity index (χ4v) is 1.44. The molecule has 0 unspecified atom stereocenters. The average Bonchev–Trinajstić information content (AvgIpc) is 2.00. The van der Waals surface area contributed by atoms with E-state index in [9.17, 15) is 4.79 Å². The van der Waals surface area contributed by atoms with Crippen molar-refractivity contribution >= 4 is 5.97 Å². The van der Waals surface area contributed by atoms with Gasteiger partial charge >= 0.3 is 5.97 Å². The Morgan fingerprint density at radius 1 is 1.54 bits per heavy atom. The summed E-state index contributed by atoms with van der Waals surface area (Å²) in [5.74, 6) is -0.899. The third-order valence-electron chi connectivity index (χ3n) is 2.30. The van der Waals surface area contributed by atoms with Crippen LogP contribution in [0.4, 0.5) is 0 Å². The van der Waals surface area contributed by atoms with E-state index in [1.807, 2.05) is 0 Å². The highest BCUT2D eigenvalue weighted by Gasteiger charge is 2.24. The van der Waals surface area contributed by atoms with E-state index in [1.165, 1.54) is 0 Å². The number of nitrogens with two attached hydrogens (primary N) is 1. The molecule has 3 heteroatoms. The Morgan fingerprint density at radius 2 is 2.08 bits per heavy atom. The number of aliphatic carboxylic acids is 1. The molecule has 0 saturated heterocycles. The van der Waals surface area contributed by atoms with Gasteiger partial charge in [0.1, 0.15) is 6.04 Å². The van der Waals surface area contributed by atoms with Crippen LogP contribution in [0.2, 0.25) is 0 Å². The van der Waals surface area contributed by atoms with Crippen molar-refractivity contribution in [2.45, 2.75) is 52.5 Å². The predicted molar refractivity (Wildman–Crippen MR) is 53.5 cm³/mol. The zero-order chi connectivity index (χ0) is 10.5. The first-order chi connectivity index (χ1) is 5.89. The molecule has 0 saturated carbocycles. The van der Waals surface area contributed by atoms with Crippen LogP contribution in [-0.4, -0.2) is 17.1 Å². The Balaban J connectivity index is 3.93. The molecule has 0 amide bonds. The molecule has 0 aliphatic carbocycles. The SMILES string of the molecule is CCCCC(C)(C)C[C@@H](N)C(=O)O. The molecule has 0 aromatic heterocycles. The Labute approximate surface area is 80.3 Å². The van der Waals surface area contributed by atoms with E-state index in [2.05, 4.69) is 20.8 Å². The fraction of sp³-hybridized carbons (Fsp3) is 0.900. The molecule has 0 rings (SSSR count). The zero-order valence-corrected chi connectivity index (χ0v) is 8.84. The molecule has 0 aliphatic heterocycles. The van der Waals surface area contributed by atoms with Crippen LogP contribution in [-0.2, 0) is 4.79 Å². The lowest BCUT2D eigenvalue weighted by atomic mass is 9.81. The maximum Gasteiger partial charge on any atom is 0.320 e. The van der Waals surface area contributed by atoms with E-state index in [0.717, 1.165) is 19.3 Å². The van der Waals surface area contributed by atoms with Gasteiger partial charge in [0.2, 0.25) is 0 Å². The second kappa shape index (κ2) is 5.22. The molecule has 3 N–H and O–H groups in total. The standard InChI is InChI=1S/C10H21NO2/c1-4-5-6-10(2,3)7-8(11)9(12)13/h8H,4-7,11H2,1-3H3,(H,12,13)/t8-/m1/s1. The van der Waals surface area contributed by atoms with Crippen LogP contribution < -0.4 is 5.73 Å². The summed E-state index contributed by atoms with van der Waals surface area (Å²) in [4.78, 5) is 10.5. The van der Waals surface area contributed by atoms with Gasteiger partial charge < -0.3 is 10.8 Å². The highest BCUT2D eigenvalue weighted by atomic mass is 16.4. The Bertz CT molecular complexity index is 166. The number of carboxylic acids is 1. The quantitative estimate of drug-likeness (QED) is 0.668. The summed E-state index contributed by atoms with van der Waals surface area (Å²) in [5.41, 5.74) is 5.52. The van der Waals surface area contributed by atoms with Crippen molar-refractivity contribution in [1.82, 2.24) is 0 Å². The van der Waals surface area contributed by atoms with Gasteiger partial charge in [-0.25, -0.2) is 0 Å². The average molecular weight is 187 g/mol. The van der Waals surface area contributed by atoms with E-state index >= 15 is 0 Å². The van der Waals surface area contributed by atoms with Crippen molar-refractivity contribution in [3.8, 4) is 0 Å². The lowest BCUT2D eigenvalue weighted by Crippen LogP contribution is -2.35. The fourth-order valence-electron chi connectivity index (χ4n) is 1.44. The minimum Gasteiger partial charge on any atom is -0.480 e. The maximum absolute atomic E-state index is 10.5. The summed E-state index contributed by atoms with van der Waals surface area (Å²) >= 11 is 0. The van der Waals surface area contributed by atoms with Crippen LogP contribution in [0.3, 0.4) is 0 Å². The van der Waals surface area contributed by atoms with Gasteiger partial charge in [-0.05, 0) is 18.3 Å². The first-order valence-corrected chi connectivity index (χ1v) is 4.87. The predicted octanol–water partition coefficient (Wildman–Crippen LogP) is 2.00. The van der Waals surface area contributed by atoms with E-state index in [0.29, 0.717) is 6.42 Å². The second-order valence-electron chi connectivity index (χ2n) is 4.42. The first-order valence-electron chi connectivity index (χ1n) is 4.87. The van der Waals surface area contributed by atoms with Crippen LogP contribution in [0.1, 0.15) is 46.5 Å². The Kier molecular flexibility index (Phi) is 4.99. The molecule has 0 aliphatic rings. The molecule has 13 heavy (non-hydrogen) atoms. The van der Waals surface area contributed by atoms with Crippen LogP contribution in [0, 0.1) is 5.41 Å². The molecule has 0 spiro atoms. The van der Waals surface area contributed by atoms with Gasteiger partial charge in [0.05, 0.1) is 0 Å². The minimum atomic E-state index is -0.899. The first kappa shape index (κ1) is 12.4. The summed E-state index contributed by atoms with van der Waals surface area (Å²) in [6.07, 6.45) is 3.89. The summed E-state index contributed by atoms with van der Waals surface area (Å²) in [6.45, 7) is 6.28. The van der Waals surface area contributed by atoms with Gasteiger partial charge in [-0.1, -0.05) is 33.6 Å². The van der Waals surface area contributed by atoms with Crippen molar-refractivity contribution in [1.29, 1.82) is 0 Å². The van der Waals surface area contributed by atoms with E-state index in [-0.39, 0.29) is 5.41 Å². The smallest absolute Gasteiger partial charge is 0.320 e. The molecule has 0 fully saturated rings. The molecule has 0 heterocycles. The van der Waals surface area contributed by atoms with Crippen molar-refractivity contribution in [2.24, 2.45) is 11.1 Å². The van der Waals surface area contributed by atoms with Crippen molar-refractivity contribution in [2.75, 3.05) is 0 Å². The Morgan fingerprint density at radius 3 is 2.46 bits per heavy atom. The van der Waals surface area contributed by atoms with Gasteiger partial charge in [0.15, 0.2) is 0 Å². The van der Waals surface area contributed by atoms with Crippen LogP contribution in [0.25, 0.3) is 0 Å². The summed E-state index contributed by atoms with van der Waals surface area (Å²) in [7, 11) is 0. The number of carbonyl (C=O) groups is 1. The van der Waals surface area contributed by atoms with Gasteiger partial charge in [0, 0.05) is 0 Å². The second-order valence-corrected chi connectivity index (χ2v) is 4.42. The topological polar surface area (TPSA) is 63.3 Å². The van der Waals surface area contributed by atoms with Crippen molar-refractivity contribution in [3.05, 3.63) is 0 Å². The minimum absolute atomic E-state index is 0.0494. The van der Waals surface area contributed by atoms with Crippen LogP contribution in [0.5, 0.6) is 0 Å². The molecular formula is C10H21NO2. The molecule has 0 bridgehead atoms. The molecule has 3 nitrogen and oxygen atoms in total. The molecule has 0 aromatic carbocycles. The molecular weight excluding hydrogens is 166 g/mol. The maximum atomic E-state index is 10.5. The third-order valence-corrected chi connectivity index (χ3v) is 2.30. The normalized spacial score (nSPS) is 14.2. The van der Waals surface area contributed by atoms with Gasteiger partial charge in [-0.15, -0.1) is 0 Å². The third kappa shape index (κ3) is 5.64. The Hall–Kier alpha value is -0.570. The van der Waals surface area contributed by atoms with Gasteiger partial charge in [0.25, 0.3) is 0 Å². The van der Waals surface area contributed by atoms with Gasteiger partial charge in [-0.2, -0.15) is 0 Å². The summed E-state index contributed by atoms with van der Waals surface area (Å²) in [6, 6.07) is -0.716. The number of unbranched alkanes of at least 4 members (excludes halogenated alkanes) is 1. The van der Waals surface area contributed by atoms with Gasteiger partial charge in [-0.3, -0.25) is 4.79 Å². The zero-order valence-electron chi connectivity index (χ0n) is 8.84. The van der Waals surface area contributed by atoms with Crippen molar-refractivity contribution < 1.29 is 9.90 Å². The largest absolute Gasteiger partial charge is 0.480 e. The highest BCUT2D eigenvalue weighted by molar-refractivity contribution is 5.73. The van der Waals surface area contributed by atoms with E-state index in [1.54, 1.807) is 0 Å².